The minimum absolute atomic E-state index is 0.319. The van der Waals surface area contributed by atoms with E-state index in [1.54, 1.807) is 0 Å². The van der Waals surface area contributed by atoms with Gasteiger partial charge in [-0.1, -0.05) is 0 Å². The second-order valence-electron chi connectivity index (χ2n) is 6.05. The first-order valence-electron chi connectivity index (χ1n) is 7.46. The first-order chi connectivity index (χ1) is 9.22. The second-order valence-corrected chi connectivity index (χ2v) is 6.05. The number of ether oxygens (including phenoxy) is 1. The summed E-state index contributed by atoms with van der Waals surface area (Å²) in [5.74, 6) is 1.84. The number of piperidine rings is 1. The summed E-state index contributed by atoms with van der Waals surface area (Å²) in [6.45, 7) is 5.11. The lowest BCUT2D eigenvalue weighted by Crippen LogP contribution is -2.42. The van der Waals surface area contributed by atoms with Crippen LogP contribution in [0.1, 0.15) is 31.2 Å². The van der Waals surface area contributed by atoms with Crippen LogP contribution in [0.15, 0.2) is 18.2 Å². The number of aryl methyl sites for hydroxylation is 1. The van der Waals surface area contributed by atoms with Gasteiger partial charge in [-0.2, -0.15) is 0 Å². The van der Waals surface area contributed by atoms with Gasteiger partial charge in [-0.05, 0) is 62.3 Å². The van der Waals surface area contributed by atoms with E-state index in [1.165, 1.54) is 30.5 Å². The van der Waals surface area contributed by atoms with Crippen LogP contribution in [-0.4, -0.2) is 25.7 Å². The van der Waals surface area contributed by atoms with Gasteiger partial charge in [-0.25, -0.2) is 0 Å². The standard InChI is InChI=1S/C16H24N2O/c1-12-9-15(18-8-2-3-14(17)10-18)6-7-16(12)19-11-13-4-5-13/h6-7,9,13-14H,2-5,8,10-11,17H2,1H3. The van der Waals surface area contributed by atoms with Crippen molar-refractivity contribution in [3.63, 3.8) is 0 Å². The molecule has 1 atom stereocenters. The summed E-state index contributed by atoms with van der Waals surface area (Å²) in [7, 11) is 0. The second kappa shape index (κ2) is 5.41. The third-order valence-corrected chi connectivity index (χ3v) is 4.15. The monoisotopic (exact) mass is 260 g/mol. The molecular weight excluding hydrogens is 236 g/mol. The maximum atomic E-state index is 6.05. The normalized spacial score (nSPS) is 23.5. The summed E-state index contributed by atoms with van der Waals surface area (Å²) in [5, 5.41) is 0. The van der Waals surface area contributed by atoms with E-state index in [-0.39, 0.29) is 0 Å². The van der Waals surface area contributed by atoms with E-state index in [9.17, 15) is 0 Å². The fourth-order valence-electron chi connectivity index (χ4n) is 2.73. The number of hydrogen-bond donors (Lipinski definition) is 1. The third-order valence-electron chi connectivity index (χ3n) is 4.15. The number of rotatable bonds is 4. The van der Waals surface area contributed by atoms with Crippen LogP contribution >= 0.6 is 0 Å². The Kier molecular flexibility index (Phi) is 3.65. The minimum atomic E-state index is 0.319. The van der Waals surface area contributed by atoms with E-state index >= 15 is 0 Å². The van der Waals surface area contributed by atoms with Crippen molar-refractivity contribution in [3.05, 3.63) is 23.8 Å². The van der Waals surface area contributed by atoms with Gasteiger partial charge in [0.2, 0.25) is 0 Å². The largest absolute Gasteiger partial charge is 0.493 e. The lowest BCUT2D eigenvalue weighted by atomic mass is 10.1. The molecule has 0 bridgehead atoms. The molecule has 3 nitrogen and oxygen atoms in total. The molecule has 0 aromatic heterocycles. The predicted octanol–water partition coefficient (Wildman–Crippen LogP) is 2.71. The van der Waals surface area contributed by atoms with Gasteiger partial charge in [0.25, 0.3) is 0 Å². The lowest BCUT2D eigenvalue weighted by Gasteiger charge is -2.33. The highest BCUT2D eigenvalue weighted by atomic mass is 16.5. The van der Waals surface area contributed by atoms with Gasteiger partial charge in [0.05, 0.1) is 6.61 Å². The van der Waals surface area contributed by atoms with Gasteiger partial charge in [-0.15, -0.1) is 0 Å². The molecule has 19 heavy (non-hydrogen) atoms. The molecule has 1 aliphatic carbocycles. The van der Waals surface area contributed by atoms with Crippen LogP contribution < -0.4 is 15.4 Å². The van der Waals surface area contributed by atoms with Crippen LogP contribution in [0.2, 0.25) is 0 Å². The van der Waals surface area contributed by atoms with Crippen LogP contribution in [0.25, 0.3) is 0 Å². The van der Waals surface area contributed by atoms with Gasteiger partial charge in [0, 0.05) is 24.8 Å². The molecule has 1 aromatic rings. The van der Waals surface area contributed by atoms with Gasteiger partial charge < -0.3 is 15.4 Å². The summed E-state index contributed by atoms with van der Waals surface area (Å²) in [6, 6.07) is 6.85. The Bertz CT molecular complexity index is 442. The highest BCUT2D eigenvalue weighted by molar-refractivity contribution is 5.53. The van der Waals surface area contributed by atoms with Crippen molar-refractivity contribution in [2.45, 2.75) is 38.6 Å². The van der Waals surface area contributed by atoms with Crippen LogP contribution in [0.5, 0.6) is 5.75 Å². The molecule has 0 spiro atoms. The Morgan fingerprint density at radius 3 is 2.84 bits per heavy atom. The molecule has 0 amide bonds. The summed E-state index contributed by atoms with van der Waals surface area (Å²) in [5.41, 5.74) is 8.57. The van der Waals surface area contributed by atoms with E-state index < -0.39 is 0 Å². The lowest BCUT2D eigenvalue weighted by molar-refractivity contribution is 0.298. The summed E-state index contributed by atoms with van der Waals surface area (Å²) < 4.78 is 5.88. The van der Waals surface area contributed by atoms with E-state index in [2.05, 4.69) is 30.0 Å². The Morgan fingerprint density at radius 2 is 2.16 bits per heavy atom. The smallest absolute Gasteiger partial charge is 0.122 e. The number of anilines is 1. The van der Waals surface area contributed by atoms with Crippen molar-refractivity contribution < 1.29 is 4.74 Å². The number of nitrogens with two attached hydrogens (primary N) is 1. The molecule has 1 saturated heterocycles. The number of hydrogen-bond acceptors (Lipinski definition) is 3. The van der Waals surface area contributed by atoms with Crippen LogP contribution in [0.3, 0.4) is 0 Å². The molecule has 1 aliphatic heterocycles. The summed E-state index contributed by atoms with van der Waals surface area (Å²) in [6.07, 6.45) is 5.02. The van der Waals surface area contributed by atoms with Crippen molar-refractivity contribution in [1.29, 1.82) is 0 Å². The SMILES string of the molecule is Cc1cc(N2CCCC(N)C2)ccc1OCC1CC1. The van der Waals surface area contributed by atoms with Crippen molar-refractivity contribution in [2.75, 3.05) is 24.6 Å². The molecule has 1 aromatic carbocycles. The van der Waals surface area contributed by atoms with Crippen LogP contribution in [0.4, 0.5) is 5.69 Å². The molecule has 3 rings (SSSR count). The minimum Gasteiger partial charge on any atom is -0.493 e. The molecular formula is C16H24N2O. The Labute approximate surface area is 115 Å². The van der Waals surface area contributed by atoms with Crippen LogP contribution in [-0.2, 0) is 0 Å². The molecule has 0 radical (unpaired) electrons. The van der Waals surface area contributed by atoms with E-state index in [1.807, 2.05) is 0 Å². The first kappa shape index (κ1) is 12.8. The zero-order valence-corrected chi connectivity index (χ0v) is 11.8. The van der Waals surface area contributed by atoms with Gasteiger partial charge in [-0.3, -0.25) is 0 Å². The third kappa shape index (κ3) is 3.21. The van der Waals surface area contributed by atoms with Gasteiger partial charge in [0.1, 0.15) is 5.75 Å². The highest BCUT2D eigenvalue weighted by Crippen LogP contribution is 2.31. The van der Waals surface area contributed by atoms with Crippen LogP contribution in [0, 0.1) is 12.8 Å². The number of benzene rings is 1. The van der Waals surface area contributed by atoms with E-state index in [0.717, 1.165) is 37.8 Å². The zero-order chi connectivity index (χ0) is 13.2. The van der Waals surface area contributed by atoms with Gasteiger partial charge in [0.15, 0.2) is 0 Å². The molecule has 2 fully saturated rings. The topological polar surface area (TPSA) is 38.5 Å². The summed E-state index contributed by atoms with van der Waals surface area (Å²) >= 11 is 0. The number of nitrogens with zero attached hydrogens (tertiary/aromatic N) is 1. The molecule has 2 aliphatic rings. The fraction of sp³-hybridized carbons (Fsp3) is 0.625. The molecule has 1 unspecified atom stereocenters. The molecule has 1 saturated carbocycles. The molecule has 3 heteroatoms. The maximum absolute atomic E-state index is 6.05. The Hall–Kier alpha value is -1.22. The fourth-order valence-corrected chi connectivity index (χ4v) is 2.73. The molecule has 104 valence electrons. The van der Waals surface area contributed by atoms with Gasteiger partial charge >= 0.3 is 0 Å². The quantitative estimate of drug-likeness (QED) is 0.904. The first-order valence-corrected chi connectivity index (χ1v) is 7.46. The van der Waals surface area contributed by atoms with Crippen molar-refractivity contribution in [1.82, 2.24) is 0 Å². The van der Waals surface area contributed by atoms with Crippen molar-refractivity contribution in [2.24, 2.45) is 11.7 Å². The summed E-state index contributed by atoms with van der Waals surface area (Å²) in [4.78, 5) is 2.39. The average Bonchev–Trinajstić information content (AvgIpc) is 3.21. The zero-order valence-electron chi connectivity index (χ0n) is 11.8. The molecule has 2 N–H and O–H groups in total. The average molecular weight is 260 g/mol. The van der Waals surface area contributed by atoms with E-state index in [4.69, 9.17) is 10.5 Å². The maximum Gasteiger partial charge on any atom is 0.122 e. The van der Waals surface area contributed by atoms with E-state index in [0.29, 0.717) is 6.04 Å². The molecule has 1 heterocycles. The van der Waals surface area contributed by atoms with Crippen molar-refractivity contribution >= 4 is 5.69 Å². The Balaban J connectivity index is 1.67. The predicted molar refractivity (Wildman–Crippen MR) is 78.8 cm³/mol. The highest BCUT2D eigenvalue weighted by Gasteiger charge is 2.22. The van der Waals surface area contributed by atoms with Crippen molar-refractivity contribution in [3.8, 4) is 5.75 Å². The Morgan fingerprint density at radius 1 is 1.32 bits per heavy atom.